The van der Waals surface area contributed by atoms with Gasteiger partial charge in [-0.1, -0.05) is 44.2 Å². The molecule has 0 unspecified atom stereocenters. The van der Waals surface area contributed by atoms with E-state index in [1.165, 1.54) is 25.9 Å². The molecule has 3 aliphatic heterocycles. The van der Waals surface area contributed by atoms with Crippen LogP contribution in [0, 0.1) is 11.3 Å². The number of fused-ring (bicyclic) bond motifs is 3. The van der Waals surface area contributed by atoms with Crippen molar-refractivity contribution in [3.05, 3.63) is 35.9 Å². The number of hydrogen-bond donors (Lipinski definition) is 0. The number of piperidine rings is 3. The third kappa shape index (κ3) is 2.97. The van der Waals surface area contributed by atoms with Crippen LogP contribution in [0.1, 0.15) is 45.1 Å². The smallest absolute Gasteiger partial charge is 0.316 e. The van der Waals surface area contributed by atoms with Crippen molar-refractivity contribution in [2.45, 2.75) is 51.0 Å². The van der Waals surface area contributed by atoms with E-state index in [4.69, 9.17) is 4.74 Å². The lowest BCUT2D eigenvalue weighted by Crippen LogP contribution is -2.57. The van der Waals surface area contributed by atoms with E-state index in [1.807, 2.05) is 18.2 Å². The van der Waals surface area contributed by atoms with Crippen molar-refractivity contribution in [1.82, 2.24) is 4.90 Å². The van der Waals surface area contributed by atoms with Crippen LogP contribution in [0.25, 0.3) is 0 Å². The average molecular weight is 350 g/mol. The highest BCUT2D eigenvalue weighted by molar-refractivity contribution is 5.85. The molecular formula is C20H28ClNO2. The Morgan fingerprint density at radius 1 is 1.12 bits per heavy atom. The van der Waals surface area contributed by atoms with E-state index in [0.29, 0.717) is 5.92 Å². The first-order valence-electron chi connectivity index (χ1n) is 8.98. The number of esters is 1. The van der Waals surface area contributed by atoms with Crippen LogP contribution >= 0.6 is 12.4 Å². The van der Waals surface area contributed by atoms with Crippen LogP contribution in [0.4, 0.5) is 0 Å². The van der Waals surface area contributed by atoms with Crippen LogP contribution in [0.2, 0.25) is 0 Å². The van der Waals surface area contributed by atoms with Gasteiger partial charge in [0.05, 0.1) is 5.41 Å². The van der Waals surface area contributed by atoms with Gasteiger partial charge in [-0.25, -0.2) is 0 Å². The zero-order chi connectivity index (χ0) is 16.1. The Morgan fingerprint density at radius 2 is 1.75 bits per heavy atom. The summed E-state index contributed by atoms with van der Waals surface area (Å²) >= 11 is 0. The van der Waals surface area contributed by atoms with Gasteiger partial charge >= 0.3 is 5.97 Å². The first-order valence-corrected chi connectivity index (χ1v) is 8.98. The summed E-state index contributed by atoms with van der Waals surface area (Å²) in [6.45, 7) is 7.78. The van der Waals surface area contributed by atoms with E-state index < -0.39 is 5.41 Å². The van der Waals surface area contributed by atoms with Gasteiger partial charge in [-0.2, -0.15) is 0 Å². The molecule has 0 amide bonds. The quantitative estimate of drug-likeness (QED) is 0.777. The maximum absolute atomic E-state index is 13.1. The van der Waals surface area contributed by atoms with Crippen molar-refractivity contribution in [3.8, 4) is 0 Å². The lowest BCUT2D eigenvalue weighted by Gasteiger charge is -2.53. The maximum Gasteiger partial charge on any atom is 0.316 e. The molecule has 1 aliphatic carbocycles. The largest absolute Gasteiger partial charge is 0.460 e. The SMILES string of the molecule is CC1(C)CC(C(=O)O[C@H]2CN3CCC2CC3)(c2ccccc2)C1.Cl. The number of carbonyl (C=O) groups is 1. The normalized spacial score (nSPS) is 32.3. The van der Waals surface area contributed by atoms with Crippen LogP contribution in [0.5, 0.6) is 0 Å². The van der Waals surface area contributed by atoms with Crippen LogP contribution in [-0.4, -0.2) is 36.6 Å². The van der Waals surface area contributed by atoms with Crippen molar-refractivity contribution in [1.29, 1.82) is 0 Å². The number of ether oxygens (including phenoxy) is 1. The summed E-state index contributed by atoms with van der Waals surface area (Å²) in [5.74, 6) is 0.589. The molecule has 0 spiro atoms. The van der Waals surface area contributed by atoms with E-state index >= 15 is 0 Å². The lowest BCUT2D eigenvalue weighted by molar-refractivity contribution is -0.175. The molecule has 1 aromatic rings. The number of hydrogen-bond acceptors (Lipinski definition) is 3. The van der Waals surface area contributed by atoms with E-state index in [2.05, 4.69) is 30.9 Å². The van der Waals surface area contributed by atoms with Gasteiger partial charge in [0.2, 0.25) is 0 Å². The predicted octanol–water partition coefficient (Wildman–Crippen LogP) is 3.80. The molecule has 0 aromatic heterocycles. The van der Waals surface area contributed by atoms with Gasteiger partial charge < -0.3 is 4.74 Å². The Labute approximate surface area is 151 Å². The summed E-state index contributed by atoms with van der Waals surface area (Å²) in [5.41, 5.74) is 0.936. The van der Waals surface area contributed by atoms with Gasteiger partial charge in [-0.05, 0) is 55.7 Å². The zero-order valence-electron chi connectivity index (χ0n) is 14.7. The van der Waals surface area contributed by atoms with E-state index in [-0.39, 0.29) is 29.9 Å². The minimum absolute atomic E-state index is 0. The first-order chi connectivity index (χ1) is 11.0. The molecule has 3 heterocycles. The van der Waals surface area contributed by atoms with Gasteiger partial charge in [0.1, 0.15) is 6.10 Å². The minimum atomic E-state index is -0.420. The molecule has 1 atom stereocenters. The van der Waals surface area contributed by atoms with Crippen LogP contribution < -0.4 is 0 Å². The summed E-state index contributed by atoms with van der Waals surface area (Å²) in [4.78, 5) is 15.6. The predicted molar refractivity (Wildman–Crippen MR) is 97.4 cm³/mol. The summed E-state index contributed by atoms with van der Waals surface area (Å²) in [7, 11) is 0. The van der Waals surface area contributed by atoms with E-state index in [0.717, 1.165) is 24.9 Å². The van der Waals surface area contributed by atoms with Crippen LogP contribution in [0.15, 0.2) is 30.3 Å². The second-order valence-corrected chi connectivity index (χ2v) is 8.55. The molecule has 4 fully saturated rings. The number of nitrogens with zero attached hydrogens (tertiary/aromatic N) is 1. The number of carbonyl (C=O) groups excluding carboxylic acids is 1. The number of benzene rings is 1. The zero-order valence-corrected chi connectivity index (χ0v) is 15.5. The van der Waals surface area contributed by atoms with Crippen molar-refractivity contribution >= 4 is 18.4 Å². The highest BCUT2D eigenvalue weighted by Crippen LogP contribution is 2.56. The highest BCUT2D eigenvalue weighted by atomic mass is 35.5. The highest BCUT2D eigenvalue weighted by Gasteiger charge is 2.57. The summed E-state index contributed by atoms with van der Waals surface area (Å²) in [5, 5.41) is 0. The molecule has 0 N–H and O–H groups in total. The Balaban J connectivity index is 0.00000169. The monoisotopic (exact) mass is 349 g/mol. The molecule has 2 bridgehead atoms. The van der Waals surface area contributed by atoms with Crippen molar-refractivity contribution in [2.75, 3.05) is 19.6 Å². The number of halogens is 1. The van der Waals surface area contributed by atoms with E-state index in [1.54, 1.807) is 0 Å². The van der Waals surface area contributed by atoms with Gasteiger partial charge in [0.25, 0.3) is 0 Å². The molecule has 132 valence electrons. The van der Waals surface area contributed by atoms with Crippen molar-refractivity contribution < 1.29 is 9.53 Å². The third-order valence-corrected chi connectivity index (χ3v) is 6.13. The van der Waals surface area contributed by atoms with Crippen molar-refractivity contribution in [3.63, 3.8) is 0 Å². The number of rotatable bonds is 3. The molecule has 1 aromatic carbocycles. The minimum Gasteiger partial charge on any atom is -0.460 e. The molecule has 0 radical (unpaired) electrons. The van der Waals surface area contributed by atoms with Gasteiger partial charge in [-0.15, -0.1) is 12.4 Å². The standard InChI is InChI=1S/C20H27NO2.ClH/c1-19(2)13-20(14-19,16-6-4-3-5-7-16)18(22)23-17-12-21-10-8-15(17)9-11-21;/h3-7,15,17H,8-14H2,1-2H3;1H/t17-;/m0./s1. The molecule has 3 nitrogen and oxygen atoms in total. The molecule has 5 rings (SSSR count). The lowest BCUT2D eigenvalue weighted by atomic mass is 9.52. The van der Waals surface area contributed by atoms with Crippen molar-refractivity contribution in [2.24, 2.45) is 11.3 Å². The fourth-order valence-corrected chi connectivity index (χ4v) is 5.10. The molecule has 4 heteroatoms. The third-order valence-electron chi connectivity index (χ3n) is 6.13. The van der Waals surface area contributed by atoms with Crippen LogP contribution in [-0.2, 0) is 14.9 Å². The first kappa shape index (κ1) is 17.8. The van der Waals surface area contributed by atoms with Gasteiger partial charge in [0, 0.05) is 6.54 Å². The Kier molecular flexibility index (Phi) is 4.69. The Hall–Kier alpha value is -1.06. The molecule has 24 heavy (non-hydrogen) atoms. The fraction of sp³-hybridized carbons (Fsp3) is 0.650. The van der Waals surface area contributed by atoms with Crippen LogP contribution in [0.3, 0.4) is 0 Å². The molecule has 4 aliphatic rings. The molecule has 1 saturated carbocycles. The second kappa shape index (κ2) is 6.34. The fourth-order valence-electron chi connectivity index (χ4n) is 5.10. The second-order valence-electron chi connectivity index (χ2n) is 8.55. The molecule has 3 saturated heterocycles. The van der Waals surface area contributed by atoms with Gasteiger partial charge in [0.15, 0.2) is 0 Å². The summed E-state index contributed by atoms with van der Waals surface area (Å²) < 4.78 is 6.10. The maximum atomic E-state index is 13.1. The topological polar surface area (TPSA) is 29.5 Å². The summed E-state index contributed by atoms with van der Waals surface area (Å²) in [6, 6.07) is 10.3. The summed E-state index contributed by atoms with van der Waals surface area (Å²) in [6.07, 6.45) is 4.26. The average Bonchev–Trinajstić information content (AvgIpc) is 2.54. The Bertz CT molecular complexity index is 585. The Morgan fingerprint density at radius 3 is 2.25 bits per heavy atom. The van der Waals surface area contributed by atoms with Gasteiger partial charge in [-0.3, -0.25) is 9.69 Å². The molecular weight excluding hydrogens is 322 g/mol. The van der Waals surface area contributed by atoms with E-state index in [9.17, 15) is 4.79 Å².